The molecule has 1 aliphatic rings. The van der Waals surface area contributed by atoms with Crippen molar-refractivity contribution in [3.8, 4) is 11.5 Å². The molecule has 2 aromatic rings. The van der Waals surface area contributed by atoms with Gasteiger partial charge in [-0.1, -0.05) is 19.1 Å². The molecule has 3 rings (SSSR count). The number of amides is 1. The summed E-state index contributed by atoms with van der Waals surface area (Å²) in [4.78, 5) is 15.1. The molecule has 0 unspecified atom stereocenters. The second-order valence-corrected chi connectivity index (χ2v) is 7.73. The van der Waals surface area contributed by atoms with Gasteiger partial charge in [0, 0.05) is 30.9 Å². The molecule has 0 radical (unpaired) electrons. The van der Waals surface area contributed by atoms with Crippen molar-refractivity contribution in [2.75, 3.05) is 45.3 Å². The monoisotopic (exact) mass is 462 g/mol. The summed E-state index contributed by atoms with van der Waals surface area (Å²) < 4.78 is 17.2. The summed E-state index contributed by atoms with van der Waals surface area (Å²) in [7, 11) is 1.56. The first-order valence-corrected chi connectivity index (χ1v) is 10.6. The van der Waals surface area contributed by atoms with Crippen LogP contribution >= 0.6 is 15.9 Å². The minimum atomic E-state index is -0.202. The highest BCUT2D eigenvalue weighted by atomic mass is 79.9. The molecule has 7 heteroatoms. The van der Waals surface area contributed by atoms with Gasteiger partial charge in [-0.15, -0.1) is 0 Å². The topological polar surface area (TPSA) is 60.0 Å². The van der Waals surface area contributed by atoms with Crippen LogP contribution in [0.3, 0.4) is 0 Å². The zero-order valence-corrected chi connectivity index (χ0v) is 18.5. The molecular formula is C22H27BrN2O4. The molecule has 1 heterocycles. The van der Waals surface area contributed by atoms with E-state index in [1.54, 1.807) is 19.2 Å². The molecule has 1 N–H and O–H groups in total. The van der Waals surface area contributed by atoms with E-state index in [-0.39, 0.29) is 5.91 Å². The highest BCUT2D eigenvalue weighted by Crippen LogP contribution is 2.37. The lowest BCUT2D eigenvalue weighted by molar-refractivity contribution is 0.0342. The average Bonchev–Trinajstić information content (AvgIpc) is 2.74. The number of morpholine rings is 1. The standard InChI is InChI=1S/C22H27BrN2O4/c1-3-10-29-21-19(23)13-17(14-20(21)27-2)22(26)24-18-6-4-16(5-7-18)15-25-8-11-28-12-9-25/h4-7,13-14H,3,8-12,15H2,1-2H3,(H,24,26). The van der Waals surface area contributed by atoms with E-state index < -0.39 is 0 Å². The van der Waals surface area contributed by atoms with Gasteiger partial charge in [0.25, 0.3) is 5.91 Å². The van der Waals surface area contributed by atoms with Crippen molar-refractivity contribution in [1.82, 2.24) is 4.90 Å². The van der Waals surface area contributed by atoms with Gasteiger partial charge in [-0.25, -0.2) is 0 Å². The summed E-state index contributed by atoms with van der Waals surface area (Å²) in [5.41, 5.74) is 2.46. The molecule has 0 spiro atoms. The van der Waals surface area contributed by atoms with Crippen LogP contribution < -0.4 is 14.8 Å². The lowest BCUT2D eigenvalue weighted by Gasteiger charge is -2.26. The van der Waals surface area contributed by atoms with Crippen LogP contribution in [0.25, 0.3) is 0 Å². The fourth-order valence-corrected chi connectivity index (χ4v) is 3.67. The molecule has 0 aromatic heterocycles. The molecule has 1 saturated heterocycles. The van der Waals surface area contributed by atoms with Crippen molar-refractivity contribution in [2.24, 2.45) is 0 Å². The van der Waals surface area contributed by atoms with Gasteiger partial charge in [-0.3, -0.25) is 9.69 Å². The number of carbonyl (C=O) groups excluding carboxylic acids is 1. The summed E-state index contributed by atoms with van der Waals surface area (Å²) in [6.45, 7) is 6.98. The molecule has 0 saturated carbocycles. The Morgan fingerprint density at radius 3 is 2.59 bits per heavy atom. The third-order valence-electron chi connectivity index (χ3n) is 4.66. The van der Waals surface area contributed by atoms with Gasteiger partial charge in [0.05, 0.1) is 31.4 Å². The maximum absolute atomic E-state index is 12.7. The smallest absolute Gasteiger partial charge is 0.255 e. The third-order valence-corrected chi connectivity index (χ3v) is 5.25. The molecule has 0 bridgehead atoms. The third kappa shape index (κ3) is 5.95. The van der Waals surface area contributed by atoms with E-state index in [1.807, 2.05) is 31.2 Å². The number of benzene rings is 2. The van der Waals surface area contributed by atoms with E-state index in [2.05, 4.69) is 26.1 Å². The fraction of sp³-hybridized carbons (Fsp3) is 0.409. The molecule has 0 aliphatic carbocycles. The number of nitrogens with one attached hydrogen (secondary N) is 1. The number of rotatable bonds is 8. The molecule has 156 valence electrons. The fourth-order valence-electron chi connectivity index (χ4n) is 3.11. The molecule has 0 atom stereocenters. The van der Waals surface area contributed by atoms with Crippen LogP contribution in [0.1, 0.15) is 29.3 Å². The lowest BCUT2D eigenvalue weighted by Crippen LogP contribution is -2.35. The van der Waals surface area contributed by atoms with Gasteiger partial charge in [-0.05, 0) is 52.2 Å². The number of anilines is 1. The van der Waals surface area contributed by atoms with Crippen molar-refractivity contribution in [3.63, 3.8) is 0 Å². The highest BCUT2D eigenvalue weighted by molar-refractivity contribution is 9.10. The summed E-state index contributed by atoms with van der Waals surface area (Å²) >= 11 is 3.48. The van der Waals surface area contributed by atoms with Crippen molar-refractivity contribution >= 4 is 27.5 Å². The summed E-state index contributed by atoms with van der Waals surface area (Å²) in [5, 5.41) is 2.94. The van der Waals surface area contributed by atoms with Crippen LogP contribution in [-0.2, 0) is 11.3 Å². The Kier molecular flexibility index (Phi) is 7.91. The van der Waals surface area contributed by atoms with Crippen LogP contribution in [-0.4, -0.2) is 50.8 Å². The zero-order valence-electron chi connectivity index (χ0n) is 16.9. The van der Waals surface area contributed by atoms with Crippen molar-refractivity contribution in [2.45, 2.75) is 19.9 Å². The number of carbonyl (C=O) groups is 1. The molecule has 2 aromatic carbocycles. The van der Waals surface area contributed by atoms with E-state index in [0.717, 1.165) is 45.0 Å². The summed E-state index contributed by atoms with van der Waals surface area (Å²) in [6, 6.07) is 11.4. The minimum absolute atomic E-state index is 0.202. The number of ether oxygens (including phenoxy) is 3. The van der Waals surface area contributed by atoms with Gasteiger partial charge in [0.1, 0.15) is 0 Å². The van der Waals surface area contributed by atoms with E-state index >= 15 is 0 Å². The van der Waals surface area contributed by atoms with Crippen molar-refractivity contribution in [3.05, 3.63) is 52.0 Å². The molecule has 1 aliphatic heterocycles. The highest BCUT2D eigenvalue weighted by Gasteiger charge is 2.16. The summed E-state index contributed by atoms with van der Waals surface area (Å²) in [6.07, 6.45) is 0.888. The van der Waals surface area contributed by atoms with E-state index in [0.29, 0.717) is 28.1 Å². The van der Waals surface area contributed by atoms with Gasteiger partial charge in [0.15, 0.2) is 11.5 Å². The molecular weight excluding hydrogens is 436 g/mol. The Morgan fingerprint density at radius 2 is 1.93 bits per heavy atom. The second-order valence-electron chi connectivity index (χ2n) is 6.88. The number of hydrogen-bond donors (Lipinski definition) is 1. The van der Waals surface area contributed by atoms with Gasteiger partial charge in [0.2, 0.25) is 0 Å². The largest absolute Gasteiger partial charge is 0.493 e. The Balaban J connectivity index is 1.65. The van der Waals surface area contributed by atoms with Gasteiger partial charge >= 0.3 is 0 Å². The lowest BCUT2D eigenvalue weighted by atomic mass is 10.1. The van der Waals surface area contributed by atoms with Crippen molar-refractivity contribution < 1.29 is 19.0 Å². The van der Waals surface area contributed by atoms with E-state index in [9.17, 15) is 4.79 Å². The number of hydrogen-bond acceptors (Lipinski definition) is 5. The van der Waals surface area contributed by atoms with Crippen LogP contribution in [0.15, 0.2) is 40.9 Å². The van der Waals surface area contributed by atoms with E-state index in [1.165, 1.54) is 5.56 Å². The maximum Gasteiger partial charge on any atom is 0.255 e. The molecule has 29 heavy (non-hydrogen) atoms. The van der Waals surface area contributed by atoms with Crippen LogP contribution in [0.5, 0.6) is 11.5 Å². The first-order valence-electron chi connectivity index (χ1n) is 9.81. The minimum Gasteiger partial charge on any atom is -0.493 e. The normalized spacial score (nSPS) is 14.4. The Labute approximate surface area is 180 Å². The number of halogens is 1. The predicted molar refractivity (Wildman–Crippen MR) is 117 cm³/mol. The average molecular weight is 463 g/mol. The van der Waals surface area contributed by atoms with Gasteiger partial charge in [-0.2, -0.15) is 0 Å². The molecule has 6 nitrogen and oxygen atoms in total. The van der Waals surface area contributed by atoms with Gasteiger partial charge < -0.3 is 19.5 Å². The Hall–Kier alpha value is -2.09. The number of methoxy groups -OCH3 is 1. The van der Waals surface area contributed by atoms with Crippen LogP contribution in [0.4, 0.5) is 5.69 Å². The first kappa shape index (κ1) is 21.6. The first-order chi connectivity index (χ1) is 14.1. The Morgan fingerprint density at radius 1 is 1.21 bits per heavy atom. The molecule has 1 fully saturated rings. The summed E-state index contributed by atoms with van der Waals surface area (Å²) in [5.74, 6) is 0.934. The van der Waals surface area contributed by atoms with Crippen molar-refractivity contribution in [1.29, 1.82) is 0 Å². The van der Waals surface area contributed by atoms with Crippen LogP contribution in [0.2, 0.25) is 0 Å². The SMILES string of the molecule is CCCOc1c(Br)cc(C(=O)Nc2ccc(CN3CCOCC3)cc2)cc1OC. The zero-order chi connectivity index (χ0) is 20.6. The Bertz CT molecular complexity index is 820. The van der Waals surface area contributed by atoms with E-state index in [4.69, 9.17) is 14.2 Å². The number of nitrogens with zero attached hydrogens (tertiary/aromatic N) is 1. The van der Waals surface area contributed by atoms with Crippen LogP contribution in [0, 0.1) is 0 Å². The quantitative estimate of drug-likeness (QED) is 0.632. The molecule has 1 amide bonds. The predicted octanol–water partition coefficient (Wildman–Crippen LogP) is 4.33. The maximum atomic E-state index is 12.7. The second kappa shape index (κ2) is 10.6.